The lowest BCUT2D eigenvalue weighted by Crippen LogP contribution is -2.28. The second-order valence-corrected chi connectivity index (χ2v) is 6.40. The van der Waals surface area contributed by atoms with Gasteiger partial charge in [0.1, 0.15) is 10.8 Å². The summed E-state index contributed by atoms with van der Waals surface area (Å²) in [6.45, 7) is 2.17. The van der Waals surface area contributed by atoms with Crippen LogP contribution in [0.3, 0.4) is 0 Å². The summed E-state index contributed by atoms with van der Waals surface area (Å²) in [6.07, 6.45) is 0.190. The van der Waals surface area contributed by atoms with E-state index in [0.29, 0.717) is 11.7 Å². The van der Waals surface area contributed by atoms with Crippen molar-refractivity contribution in [1.29, 1.82) is 0 Å². The topological polar surface area (TPSA) is 84.4 Å². The molecule has 1 aromatic carbocycles. The normalized spacial score (nSPS) is 17.4. The van der Waals surface area contributed by atoms with E-state index in [1.165, 1.54) is 11.3 Å². The molecule has 0 saturated carbocycles. The van der Waals surface area contributed by atoms with Gasteiger partial charge in [-0.3, -0.25) is 9.59 Å². The molecule has 23 heavy (non-hydrogen) atoms. The Morgan fingerprint density at radius 2 is 2.09 bits per heavy atom. The second-order valence-electron chi connectivity index (χ2n) is 5.22. The molecule has 1 aliphatic rings. The van der Waals surface area contributed by atoms with Crippen LogP contribution in [0, 0.1) is 12.8 Å². The summed E-state index contributed by atoms with van der Waals surface area (Å²) in [5.74, 6) is 0.0596. The number of ether oxygens (including phenoxy) is 1. The van der Waals surface area contributed by atoms with Gasteiger partial charge in [0.15, 0.2) is 0 Å². The maximum atomic E-state index is 12.3. The van der Waals surface area contributed by atoms with Crippen molar-refractivity contribution in [2.45, 2.75) is 13.3 Å². The van der Waals surface area contributed by atoms with Gasteiger partial charge in [0.05, 0.1) is 13.0 Å². The fourth-order valence-corrected chi connectivity index (χ4v) is 3.04. The van der Waals surface area contributed by atoms with E-state index >= 15 is 0 Å². The van der Waals surface area contributed by atoms with E-state index < -0.39 is 5.92 Å². The third-order valence-electron chi connectivity index (χ3n) is 3.64. The largest absolute Gasteiger partial charge is 0.497 e. The third kappa shape index (κ3) is 3.31. The Kier molecular flexibility index (Phi) is 4.24. The first-order valence-electron chi connectivity index (χ1n) is 7.12. The summed E-state index contributed by atoms with van der Waals surface area (Å²) < 4.78 is 5.11. The number of benzene rings is 1. The SMILES string of the molecule is COc1ccc(N2CC(C(=O)Nc3nnc(C)s3)CC2=O)cc1. The Balaban J connectivity index is 1.67. The van der Waals surface area contributed by atoms with Crippen molar-refractivity contribution in [3.8, 4) is 5.75 Å². The smallest absolute Gasteiger partial charge is 0.231 e. The van der Waals surface area contributed by atoms with Crippen molar-refractivity contribution in [2.75, 3.05) is 23.9 Å². The van der Waals surface area contributed by atoms with Crippen LogP contribution in [0.1, 0.15) is 11.4 Å². The second kappa shape index (κ2) is 6.33. The van der Waals surface area contributed by atoms with Crippen LogP contribution in [0.2, 0.25) is 0 Å². The molecule has 0 bridgehead atoms. The van der Waals surface area contributed by atoms with E-state index in [1.807, 2.05) is 19.1 Å². The van der Waals surface area contributed by atoms with Crippen LogP contribution in [0.5, 0.6) is 5.75 Å². The molecule has 7 nitrogen and oxygen atoms in total. The van der Waals surface area contributed by atoms with E-state index in [0.717, 1.165) is 16.4 Å². The van der Waals surface area contributed by atoms with Crippen LogP contribution in [0.4, 0.5) is 10.8 Å². The van der Waals surface area contributed by atoms with Gasteiger partial charge < -0.3 is 15.0 Å². The highest BCUT2D eigenvalue weighted by molar-refractivity contribution is 7.15. The lowest BCUT2D eigenvalue weighted by molar-refractivity contribution is -0.122. The van der Waals surface area contributed by atoms with Crippen molar-refractivity contribution in [3.63, 3.8) is 0 Å². The maximum Gasteiger partial charge on any atom is 0.231 e. The number of aromatic nitrogens is 2. The van der Waals surface area contributed by atoms with E-state index in [2.05, 4.69) is 15.5 Å². The molecular weight excluding hydrogens is 316 g/mol. The standard InChI is InChI=1S/C15H16N4O3S/c1-9-17-18-15(23-9)16-14(21)10-7-13(20)19(8-10)11-3-5-12(22-2)6-4-11/h3-6,10H,7-8H2,1-2H3,(H,16,18,21). The number of anilines is 2. The number of hydrogen-bond acceptors (Lipinski definition) is 6. The molecule has 2 heterocycles. The van der Waals surface area contributed by atoms with Crippen molar-refractivity contribution in [3.05, 3.63) is 29.3 Å². The Morgan fingerprint density at radius 3 is 2.70 bits per heavy atom. The average Bonchev–Trinajstić information content (AvgIpc) is 3.13. The van der Waals surface area contributed by atoms with Gasteiger partial charge in [-0.05, 0) is 31.2 Å². The predicted octanol–water partition coefficient (Wildman–Crippen LogP) is 1.85. The summed E-state index contributed by atoms with van der Waals surface area (Å²) >= 11 is 1.31. The first-order valence-corrected chi connectivity index (χ1v) is 7.94. The zero-order valence-corrected chi connectivity index (χ0v) is 13.6. The number of hydrogen-bond donors (Lipinski definition) is 1. The molecule has 0 radical (unpaired) electrons. The fourth-order valence-electron chi connectivity index (χ4n) is 2.45. The quantitative estimate of drug-likeness (QED) is 0.923. The van der Waals surface area contributed by atoms with Gasteiger partial charge in [-0.1, -0.05) is 11.3 Å². The molecular formula is C15H16N4O3S. The van der Waals surface area contributed by atoms with Crippen molar-refractivity contribution >= 4 is 34.0 Å². The molecule has 2 amide bonds. The number of aryl methyl sites for hydroxylation is 1. The molecule has 1 unspecified atom stereocenters. The van der Waals surface area contributed by atoms with Crippen LogP contribution in [0.25, 0.3) is 0 Å². The van der Waals surface area contributed by atoms with Gasteiger partial charge in [-0.2, -0.15) is 0 Å². The molecule has 1 atom stereocenters. The van der Waals surface area contributed by atoms with Crippen LogP contribution < -0.4 is 15.0 Å². The van der Waals surface area contributed by atoms with E-state index in [1.54, 1.807) is 24.1 Å². The molecule has 1 N–H and O–H groups in total. The summed E-state index contributed by atoms with van der Waals surface area (Å²) in [4.78, 5) is 26.1. The third-order valence-corrected chi connectivity index (χ3v) is 4.39. The highest BCUT2D eigenvalue weighted by Crippen LogP contribution is 2.27. The van der Waals surface area contributed by atoms with E-state index in [9.17, 15) is 9.59 Å². The maximum absolute atomic E-state index is 12.3. The van der Waals surface area contributed by atoms with Gasteiger partial charge in [0, 0.05) is 18.7 Å². The molecule has 1 fully saturated rings. The summed E-state index contributed by atoms with van der Waals surface area (Å²) in [5.41, 5.74) is 0.762. The number of nitrogens with zero attached hydrogens (tertiary/aromatic N) is 3. The predicted molar refractivity (Wildman–Crippen MR) is 86.7 cm³/mol. The minimum atomic E-state index is -0.395. The number of nitrogens with one attached hydrogen (secondary N) is 1. The van der Waals surface area contributed by atoms with E-state index in [4.69, 9.17) is 4.74 Å². The number of carbonyl (C=O) groups excluding carboxylic acids is 2. The average molecular weight is 332 g/mol. The first-order chi connectivity index (χ1) is 11.1. The van der Waals surface area contributed by atoms with Gasteiger partial charge in [0.2, 0.25) is 16.9 Å². The summed E-state index contributed by atoms with van der Waals surface area (Å²) in [5, 5.41) is 11.7. The number of methoxy groups -OCH3 is 1. The Morgan fingerprint density at radius 1 is 1.35 bits per heavy atom. The molecule has 1 saturated heterocycles. The molecule has 3 rings (SSSR count). The lowest BCUT2D eigenvalue weighted by Gasteiger charge is -2.16. The van der Waals surface area contributed by atoms with E-state index in [-0.39, 0.29) is 18.2 Å². The van der Waals surface area contributed by atoms with Gasteiger partial charge in [0.25, 0.3) is 0 Å². The highest BCUT2D eigenvalue weighted by atomic mass is 32.1. The Hall–Kier alpha value is -2.48. The number of amides is 2. The minimum absolute atomic E-state index is 0.0660. The summed E-state index contributed by atoms with van der Waals surface area (Å²) in [6, 6.07) is 7.20. The zero-order valence-electron chi connectivity index (χ0n) is 12.8. The molecule has 1 aliphatic heterocycles. The molecule has 1 aromatic heterocycles. The van der Waals surface area contributed by atoms with Crippen LogP contribution in [0.15, 0.2) is 24.3 Å². The van der Waals surface area contributed by atoms with Crippen molar-refractivity contribution < 1.29 is 14.3 Å². The van der Waals surface area contributed by atoms with Gasteiger partial charge in [-0.15, -0.1) is 10.2 Å². The fraction of sp³-hybridized carbons (Fsp3) is 0.333. The zero-order chi connectivity index (χ0) is 16.4. The van der Waals surface area contributed by atoms with Crippen molar-refractivity contribution in [1.82, 2.24) is 10.2 Å². The molecule has 120 valence electrons. The van der Waals surface area contributed by atoms with Gasteiger partial charge >= 0.3 is 0 Å². The molecule has 0 aliphatic carbocycles. The van der Waals surface area contributed by atoms with Crippen molar-refractivity contribution in [2.24, 2.45) is 5.92 Å². The number of rotatable bonds is 4. The lowest BCUT2D eigenvalue weighted by atomic mass is 10.1. The van der Waals surface area contributed by atoms with Crippen LogP contribution >= 0.6 is 11.3 Å². The van der Waals surface area contributed by atoms with Gasteiger partial charge in [-0.25, -0.2) is 0 Å². The summed E-state index contributed by atoms with van der Waals surface area (Å²) in [7, 11) is 1.59. The van der Waals surface area contributed by atoms with Crippen LogP contribution in [-0.2, 0) is 9.59 Å². The first kappa shape index (κ1) is 15.4. The number of carbonyl (C=O) groups is 2. The Bertz CT molecular complexity index is 729. The highest BCUT2D eigenvalue weighted by Gasteiger charge is 2.35. The van der Waals surface area contributed by atoms with Crippen LogP contribution in [-0.4, -0.2) is 35.7 Å². The molecule has 2 aromatic rings. The molecule has 8 heteroatoms. The Labute approximate surface area is 137 Å². The molecule has 0 spiro atoms. The minimum Gasteiger partial charge on any atom is -0.497 e. The monoisotopic (exact) mass is 332 g/mol.